The molecule has 2 aromatic carbocycles. The third kappa shape index (κ3) is 2.09. The number of fused-ring (bicyclic) bond motifs is 1. The average Bonchev–Trinajstić information content (AvgIpc) is 2.76. The van der Waals surface area contributed by atoms with Crippen molar-refractivity contribution in [1.29, 1.82) is 0 Å². The van der Waals surface area contributed by atoms with Crippen molar-refractivity contribution in [2.75, 3.05) is 18.1 Å². The largest absolute Gasteiger partial charge is 0.397 e. The monoisotopic (exact) mass is 266 g/mol. The van der Waals surface area contributed by atoms with Crippen LogP contribution in [0.3, 0.4) is 0 Å². The van der Waals surface area contributed by atoms with E-state index in [2.05, 4.69) is 27.0 Å². The van der Waals surface area contributed by atoms with E-state index in [1.807, 2.05) is 44.3 Å². The molecule has 3 aromatic rings. The number of nitrogen functional groups attached to an aromatic ring is 1. The number of para-hydroxylation sites is 2. The van der Waals surface area contributed by atoms with Crippen molar-refractivity contribution in [2.45, 2.75) is 13.5 Å². The molecule has 0 fully saturated rings. The molecule has 0 bridgehead atoms. The van der Waals surface area contributed by atoms with E-state index >= 15 is 0 Å². The van der Waals surface area contributed by atoms with Crippen molar-refractivity contribution >= 4 is 22.4 Å². The van der Waals surface area contributed by atoms with Crippen molar-refractivity contribution in [3.05, 3.63) is 53.9 Å². The number of nitrogens with one attached hydrogen (secondary N) is 1. The number of aromatic nitrogens is 2. The third-order valence-electron chi connectivity index (χ3n) is 3.57. The molecule has 0 spiro atoms. The van der Waals surface area contributed by atoms with Gasteiger partial charge in [0.2, 0.25) is 0 Å². The van der Waals surface area contributed by atoms with Gasteiger partial charge in [-0.2, -0.15) is 0 Å². The van der Waals surface area contributed by atoms with Crippen molar-refractivity contribution < 1.29 is 0 Å². The fourth-order valence-corrected chi connectivity index (χ4v) is 2.52. The van der Waals surface area contributed by atoms with Crippen LogP contribution in [0.15, 0.2) is 42.5 Å². The maximum atomic E-state index is 6.02. The number of benzene rings is 2. The summed E-state index contributed by atoms with van der Waals surface area (Å²) in [5.74, 6) is 1.02. The molecule has 0 unspecified atom stereocenters. The molecule has 4 heteroatoms. The minimum Gasteiger partial charge on any atom is -0.397 e. The quantitative estimate of drug-likeness (QED) is 0.716. The Morgan fingerprint density at radius 3 is 2.75 bits per heavy atom. The fourth-order valence-electron chi connectivity index (χ4n) is 2.52. The Labute approximate surface area is 118 Å². The minimum atomic E-state index is 0.770. The Balaban J connectivity index is 2.01. The summed E-state index contributed by atoms with van der Waals surface area (Å²) < 4.78 is 2.21. The summed E-state index contributed by atoms with van der Waals surface area (Å²) >= 11 is 0. The summed E-state index contributed by atoms with van der Waals surface area (Å²) in [6.45, 7) is 2.81. The Kier molecular flexibility index (Phi) is 3.06. The topological polar surface area (TPSA) is 55.9 Å². The van der Waals surface area contributed by atoms with Crippen LogP contribution in [-0.4, -0.2) is 16.6 Å². The van der Waals surface area contributed by atoms with Gasteiger partial charge >= 0.3 is 0 Å². The fraction of sp³-hybridized carbons (Fsp3) is 0.188. The molecule has 0 saturated heterocycles. The number of aryl methyl sites for hydroxylation is 1. The summed E-state index contributed by atoms with van der Waals surface area (Å²) in [6, 6.07) is 14.3. The minimum absolute atomic E-state index is 0.770. The molecular weight excluding hydrogens is 248 g/mol. The highest BCUT2D eigenvalue weighted by atomic mass is 15.1. The molecule has 0 aliphatic rings. The predicted octanol–water partition coefficient (Wildman–Crippen LogP) is 3.02. The lowest BCUT2D eigenvalue weighted by atomic mass is 10.1. The molecule has 0 aliphatic carbocycles. The number of hydrogen-bond acceptors (Lipinski definition) is 3. The van der Waals surface area contributed by atoms with Crippen LogP contribution in [0.1, 0.15) is 11.4 Å². The molecule has 1 aromatic heterocycles. The molecule has 0 amide bonds. The van der Waals surface area contributed by atoms with E-state index in [-0.39, 0.29) is 0 Å². The molecule has 3 rings (SSSR count). The molecule has 3 N–H and O–H groups in total. The van der Waals surface area contributed by atoms with Gasteiger partial charge in [0.15, 0.2) is 0 Å². The highest BCUT2D eigenvalue weighted by Gasteiger charge is 2.08. The van der Waals surface area contributed by atoms with Crippen molar-refractivity contribution in [3.8, 4) is 0 Å². The second-order valence-corrected chi connectivity index (χ2v) is 4.91. The predicted molar refractivity (Wildman–Crippen MR) is 84.0 cm³/mol. The summed E-state index contributed by atoms with van der Waals surface area (Å²) in [4.78, 5) is 4.58. The lowest BCUT2D eigenvalue weighted by Gasteiger charge is -2.10. The van der Waals surface area contributed by atoms with Gasteiger partial charge in [0.05, 0.1) is 22.4 Å². The van der Waals surface area contributed by atoms with Gasteiger partial charge in [0, 0.05) is 13.6 Å². The van der Waals surface area contributed by atoms with Crippen LogP contribution in [0.2, 0.25) is 0 Å². The first kappa shape index (κ1) is 12.5. The number of imidazole rings is 1. The molecule has 4 nitrogen and oxygen atoms in total. The summed E-state index contributed by atoms with van der Waals surface area (Å²) in [5.41, 5.74) is 11.1. The van der Waals surface area contributed by atoms with Crippen LogP contribution in [0.5, 0.6) is 0 Å². The van der Waals surface area contributed by atoms with E-state index in [9.17, 15) is 0 Å². The number of rotatable bonds is 3. The number of nitrogens with zero attached hydrogens (tertiary/aromatic N) is 2. The van der Waals surface area contributed by atoms with Crippen LogP contribution >= 0.6 is 0 Å². The van der Waals surface area contributed by atoms with Crippen LogP contribution < -0.4 is 11.1 Å². The van der Waals surface area contributed by atoms with E-state index in [1.165, 1.54) is 5.56 Å². The average molecular weight is 266 g/mol. The molecule has 0 radical (unpaired) electrons. The third-order valence-corrected chi connectivity index (χ3v) is 3.57. The second-order valence-electron chi connectivity index (χ2n) is 4.91. The van der Waals surface area contributed by atoms with Crippen LogP contribution in [-0.2, 0) is 6.54 Å². The Bertz CT molecular complexity index is 758. The van der Waals surface area contributed by atoms with Gasteiger partial charge in [-0.05, 0) is 36.8 Å². The molecule has 0 atom stereocenters. The van der Waals surface area contributed by atoms with Crippen LogP contribution in [0.25, 0.3) is 11.0 Å². The van der Waals surface area contributed by atoms with Gasteiger partial charge in [0.1, 0.15) is 5.82 Å². The second kappa shape index (κ2) is 4.89. The Morgan fingerprint density at radius 2 is 2.00 bits per heavy atom. The summed E-state index contributed by atoms with van der Waals surface area (Å²) in [7, 11) is 1.87. The first-order valence-corrected chi connectivity index (χ1v) is 6.67. The van der Waals surface area contributed by atoms with E-state index in [1.54, 1.807) is 0 Å². The lowest BCUT2D eigenvalue weighted by molar-refractivity contribution is 0.786. The van der Waals surface area contributed by atoms with E-state index in [0.717, 1.165) is 34.8 Å². The number of hydrogen-bond donors (Lipinski definition) is 2. The molecule has 0 aliphatic heterocycles. The maximum Gasteiger partial charge on any atom is 0.107 e. The van der Waals surface area contributed by atoms with Gasteiger partial charge in [-0.1, -0.05) is 18.2 Å². The SMILES string of the molecule is CNc1ccc(Cn2c(C)nc3ccccc32)cc1N. The first-order valence-electron chi connectivity index (χ1n) is 6.67. The van der Waals surface area contributed by atoms with Gasteiger partial charge < -0.3 is 15.6 Å². The number of nitrogens with two attached hydrogens (primary N) is 1. The lowest BCUT2D eigenvalue weighted by Crippen LogP contribution is -2.03. The maximum absolute atomic E-state index is 6.02. The van der Waals surface area contributed by atoms with Crippen LogP contribution in [0, 0.1) is 6.92 Å². The van der Waals surface area contributed by atoms with E-state index in [4.69, 9.17) is 5.73 Å². The van der Waals surface area contributed by atoms with E-state index in [0.29, 0.717) is 0 Å². The highest BCUT2D eigenvalue weighted by molar-refractivity contribution is 5.76. The standard InChI is InChI=1S/C16H18N4/c1-11-19-15-5-3-4-6-16(15)20(11)10-12-7-8-14(18-2)13(17)9-12/h3-9,18H,10,17H2,1-2H3. The Hall–Kier alpha value is -2.49. The molecule has 102 valence electrons. The zero-order valence-corrected chi connectivity index (χ0v) is 11.7. The molecule has 20 heavy (non-hydrogen) atoms. The number of anilines is 2. The van der Waals surface area contributed by atoms with Crippen LogP contribution in [0.4, 0.5) is 11.4 Å². The van der Waals surface area contributed by atoms with Gasteiger partial charge in [-0.3, -0.25) is 0 Å². The normalized spacial score (nSPS) is 10.9. The van der Waals surface area contributed by atoms with Gasteiger partial charge in [0.25, 0.3) is 0 Å². The smallest absolute Gasteiger partial charge is 0.107 e. The van der Waals surface area contributed by atoms with Crippen molar-refractivity contribution in [1.82, 2.24) is 9.55 Å². The molecule has 1 heterocycles. The van der Waals surface area contributed by atoms with Crippen molar-refractivity contribution in [3.63, 3.8) is 0 Å². The van der Waals surface area contributed by atoms with Gasteiger partial charge in [-0.25, -0.2) is 4.98 Å². The van der Waals surface area contributed by atoms with E-state index < -0.39 is 0 Å². The zero-order valence-electron chi connectivity index (χ0n) is 11.7. The van der Waals surface area contributed by atoms with Crippen molar-refractivity contribution in [2.24, 2.45) is 0 Å². The molecule has 0 saturated carbocycles. The molecular formula is C16H18N4. The first-order chi connectivity index (χ1) is 9.69. The summed E-state index contributed by atoms with van der Waals surface area (Å²) in [6.07, 6.45) is 0. The summed E-state index contributed by atoms with van der Waals surface area (Å²) in [5, 5.41) is 3.08. The highest BCUT2D eigenvalue weighted by Crippen LogP contribution is 2.22. The Morgan fingerprint density at radius 1 is 1.20 bits per heavy atom. The van der Waals surface area contributed by atoms with Gasteiger partial charge in [-0.15, -0.1) is 0 Å². The zero-order chi connectivity index (χ0) is 14.1.